The van der Waals surface area contributed by atoms with Crippen molar-refractivity contribution in [2.75, 3.05) is 0 Å². The number of rotatable bonds is 3. The molecule has 0 saturated carbocycles. The zero-order chi connectivity index (χ0) is 17.7. The first-order valence-electron chi connectivity index (χ1n) is 9.17. The zero-order valence-corrected chi connectivity index (χ0v) is 14.7. The van der Waals surface area contributed by atoms with Crippen molar-refractivity contribution in [3.63, 3.8) is 0 Å². The summed E-state index contributed by atoms with van der Waals surface area (Å²) in [6, 6.07) is 21.0. The number of furan rings is 1. The van der Waals surface area contributed by atoms with Gasteiger partial charge in [0, 0.05) is 11.8 Å². The summed E-state index contributed by atoms with van der Waals surface area (Å²) in [6.45, 7) is 2.55. The van der Waals surface area contributed by atoms with Crippen molar-refractivity contribution < 1.29 is 9.21 Å². The van der Waals surface area contributed by atoms with Crippen LogP contribution in [-0.4, -0.2) is 5.91 Å². The molecule has 1 N–H and O–H groups in total. The molecule has 0 unspecified atom stereocenters. The number of nitrogens with one attached hydrogen (secondary N) is 1. The van der Waals surface area contributed by atoms with Crippen LogP contribution in [0, 0.1) is 5.41 Å². The first-order chi connectivity index (χ1) is 12.7. The zero-order valence-electron chi connectivity index (χ0n) is 14.7. The summed E-state index contributed by atoms with van der Waals surface area (Å²) in [5.41, 5.74) is 4.91. The molecule has 3 nitrogen and oxygen atoms in total. The molecule has 2 bridgehead atoms. The van der Waals surface area contributed by atoms with Crippen molar-refractivity contribution in [1.29, 1.82) is 0 Å². The number of fused-ring (bicyclic) bond motifs is 1. The van der Waals surface area contributed by atoms with Crippen LogP contribution in [0.2, 0.25) is 0 Å². The van der Waals surface area contributed by atoms with E-state index >= 15 is 0 Å². The van der Waals surface area contributed by atoms with Crippen LogP contribution in [0.1, 0.15) is 53.2 Å². The van der Waals surface area contributed by atoms with Gasteiger partial charge in [0.15, 0.2) is 0 Å². The van der Waals surface area contributed by atoms with E-state index in [0.717, 1.165) is 12.2 Å². The van der Waals surface area contributed by atoms with E-state index in [1.54, 1.807) is 6.26 Å². The summed E-state index contributed by atoms with van der Waals surface area (Å²) >= 11 is 0. The fraction of sp³-hybridized carbons (Fsp3) is 0.261. The van der Waals surface area contributed by atoms with Gasteiger partial charge in [0.25, 0.3) is 0 Å². The first kappa shape index (κ1) is 15.4. The summed E-state index contributed by atoms with van der Waals surface area (Å²) in [5.74, 6) is 1.26. The summed E-state index contributed by atoms with van der Waals surface area (Å²) in [4.78, 5) is 13.3. The molecule has 0 radical (unpaired) electrons. The van der Waals surface area contributed by atoms with Gasteiger partial charge in [-0.25, -0.2) is 0 Å². The van der Waals surface area contributed by atoms with Crippen molar-refractivity contribution >= 4 is 5.91 Å². The van der Waals surface area contributed by atoms with Gasteiger partial charge in [0.05, 0.1) is 18.2 Å². The maximum absolute atomic E-state index is 13.3. The molecule has 0 fully saturated rings. The molecule has 1 amide bonds. The van der Waals surface area contributed by atoms with Crippen LogP contribution in [0.15, 0.2) is 71.3 Å². The molecule has 26 heavy (non-hydrogen) atoms. The van der Waals surface area contributed by atoms with Crippen LogP contribution in [0.3, 0.4) is 0 Å². The molecular formula is C23H21NO2. The maximum atomic E-state index is 13.3. The number of amides is 1. The average Bonchev–Trinajstić information content (AvgIpc) is 3.20. The Labute approximate surface area is 153 Å². The second-order valence-electron chi connectivity index (χ2n) is 7.63. The van der Waals surface area contributed by atoms with Crippen LogP contribution in [0.25, 0.3) is 0 Å². The summed E-state index contributed by atoms with van der Waals surface area (Å²) in [6.07, 6.45) is 2.48. The van der Waals surface area contributed by atoms with Gasteiger partial charge >= 0.3 is 0 Å². The monoisotopic (exact) mass is 343 g/mol. The molecule has 0 aliphatic heterocycles. The fourth-order valence-electron chi connectivity index (χ4n) is 4.97. The predicted octanol–water partition coefficient (Wildman–Crippen LogP) is 4.58. The molecule has 3 heteroatoms. The minimum Gasteiger partial charge on any atom is -0.467 e. The van der Waals surface area contributed by atoms with Gasteiger partial charge in [-0.15, -0.1) is 0 Å². The van der Waals surface area contributed by atoms with Crippen LogP contribution in [0.5, 0.6) is 0 Å². The highest BCUT2D eigenvalue weighted by atomic mass is 16.3. The summed E-state index contributed by atoms with van der Waals surface area (Å²) in [7, 11) is 0. The smallest absolute Gasteiger partial charge is 0.227 e. The number of hydrogen-bond donors (Lipinski definition) is 1. The van der Waals surface area contributed by atoms with Crippen molar-refractivity contribution in [2.45, 2.75) is 31.7 Å². The molecule has 6 rings (SSSR count). The summed E-state index contributed by atoms with van der Waals surface area (Å²) < 4.78 is 5.36. The first-order valence-corrected chi connectivity index (χ1v) is 9.17. The topological polar surface area (TPSA) is 42.2 Å². The second-order valence-corrected chi connectivity index (χ2v) is 7.63. The van der Waals surface area contributed by atoms with Crippen molar-refractivity contribution in [3.8, 4) is 0 Å². The Bertz CT molecular complexity index is 928. The highest BCUT2D eigenvalue weighted by Crippen LogP contribution is 2.60. The quantitative estimate of drug-likeness (QED) is 0.756. The van der Waals surface area contributed by atoms with Crippen LogP contribution in [-0.2, 0) is 11.3 Å². The van der Waals surface area contributed by atoms with E-state index in [9.17, 15) is 4.79 Å². The Kier molecular flexibility index (Phi) is 3.33. The Morgan fingerprint density at radius 2 is 1.62 bits per heavy atom. The second kappa shape index (κ2) is 5.60. The molecular weight excluding hydrogens is 322 g/mol. The number of carbonyl (C=O) groups is 1. The molecule has 3 aliphatic rings. The van der Waals surface area contributed by atoms with Gasteiger partial charge in [-0.05, 0) is 47.7 Å². The molecule has 3 aliphatic carbocycles. The summed E-state index contributed by atoms with van der Waals surface area (Å²) in [5, 5.41) is 3.11. The van der Waals surface area contributed by atoms with E-state index in [2.05, 4.69) is 60.8 Å². The molecule has 130 valence electrons. The molecule has 1 heterocycles. The molecule has 1 aromatic heterocycles. The predicted molar refractivity (Wildman–Crippen MR) is 99.8 cm³/mol. The standard InChI is InChI=1S/C23H21NO2/c1-23(22(25)24-14-15-7-6-12-26-15)13-20-16-8-2-4-10-18(16)21(23)19-11-5-3-9-17(19)20/h2-12,20-21H,13-14H2,1H3,(H,24,25)/t20?,21?,23-/m1/s1. The molecule has 1 atom stereocenters. The Morgan fingerprint density at radius 3 is 2.19 bits per heavy atom. The Balaban J connectivity index is 1.56. The lowest BCUT2D eigenvalue weighted by atomic mass is 9.52. The lowest BCUT2D eigenvalue weighted by Gasteiger charge is -2.50. The van der Waals surface area contributed by atoms with E-state index in [1.165, 1.54) is 22.3 Å². The van der Waals surface area contributed by atoms with E-state index in [0.29, 0.717) is 6.54 Å². The Hall–Kier alpha value is -2.81. The third-order valence-electron chi connectivity index (χ3n) is 6.15. The Morgan fingerprint density at radius 1 is 1.00 bits per heavy atom. The lowest BCUT2D eigenvalue weighted by molar-refractivity contribution is -0.132. The van der Waals surface area contributed by atoms with Gasteiger partial charge < -0.3 is 9.73 Å². The van der Waals surface area contributed by atoms with Gasteiger partial charge in [0.1, 0.15) is 5.76 Å². The highest BCUT2D eigenvalue weighted by molar-refractivity contribution is 5.86. The molecule has 0 spiro atoms. The van der Waals surface area contributed by atoms with Gasteiger partial charge in [0.2, 0.25) is 5.91 Å². The molecule has 3 aromatic rings. The minimum atomic E-state index is -0.458. The van der Waals surface area contributed by atoms with E-state index in [4.69, 9.17) is 4.42 Å². The number of hydrogen-bond acceptors (Lipinski definition) is 2. The van der Waals surface area contributed by atoms with E-state index in [1.807, 2.05) is 12.1 Å². The van der Waals surface area contributed by atoms with Crippen LogP contribution in [0.4, 0.5) is 0 Å². The van der Waals surface area contributed by atoms with Crippen LogP contribution < -0.4 is 5.32 Å². The highest BCUT2D eigenvalue weighted by Gasteiger charge is 2.53. The number of benzene rings is 2. The minimum absolute atomic E-state index is 0.0940. The van der Waals surface area contributed by atoms with Crippen molar-refractivity contribution in [1.82, 2.24) is 5.32 Å². The SMILES string of the molecule is C[C@@]1(C(=O)NCc2ccco2)CC2c3ccccc3C1c1ccccc12. The third-order valence-corrected chi connectivity index (χ3v) is 6.15. The van der Waals surface area contributed by atoms with Crippen LogP contribution >= 0.6 is 0 Å². The molecule has 0 saturated heterocycles. The lowest BCUT2D eigenvalue weighted by Crippen LogP contribution is -2.49. The van der Waals surface area contributed by atoms with Crippen molar-refractivity contribution in [2.24, 2.45) is 5.41 Å². The van der Waals surface area contributed by atoms with E-state index in [-0.39, 0.29) is 17.7 Å². The molecule has 2 aromatic carbocycles. The largest absolute Gasteiger partial charge is 0.467 e. The fourth-order valence-corrected chi connectivity index (χ4v) is 4.97. The van der Waals surface area contributed by atoms with Crippen molar-refractivity contribution in [3.05, 3.63) is 94.9 Å². The number of carbonyl (C=O) groups excluding carboxylic acids is 1. The van der Waals surface area contributed by atoms with Gasteiger partial charge in [-0.3, -0.25) is 4.79 Å². The maximum Gasteiger partial charge on any atom is 0.227 e. The van der Waals surface area contributed by atoms with E-state index < -0.39 is 5.41 Å². The normalized spacial score (nSPS) is 25.4. The third kappa shape index (κ3) is 2.10. The van der Waals surface area contributed by atoms with Gasteiger partial charge in [-0.2, -0.15) is 0 Å². The van der Waals surface area contributed by atoms with Gasteiger partial charge in [-0.1, -0.05) is 48.5 Å². The average molecular weight is 343 g/mol.